The van der Waals surface area contributed by atoms with E-state index in [0.29, 0.717) is 36.5 Å². The summed E-state index contributed by atoms with van der Waals surface area (Å²) in [4.78, 5) is 30.0. The van der Waals surface area contributed by atoms with Crippen LogP contribution in [0.5, 0.6) is 11.5 Å². The van der Waals surface area contributed by atoms with E-state index in [1.165, 1.54) is 43.4 Å². The van der Waals surface area contributed by atoms with Gasteiger partial charge >= 0.3 is 0 Å². The minimum absolute atomic E-state index is 0.132. The quantitative estimate of drug-likeness (QED) is 0.333. The van der Waals surface area contributed by atoms with Gasteiger partial charge in [-0.15, -0.1) is 0 Å². The molecule has 4 aliphatic rings. The van der Waals surface area contributed by atoms with Crippen molar-refractivity contribution in [2.24, 2.45) is 39.7 Å². The summed E-state index contributed by atoms with van der Waals surface area (Å²) in [5, 5.41) is 26.1. The summed E-state index contributed by atoms with van der Waals surface area (Å²) in [5.74, 6) is 2.14. The number of Topliss-reactive ketones (excluding diaryl/α,β-unsaturated/α-hetero) is 1. The Morgan fingerprint density at radius 1 is 1.05 bits per heavy atom. The number of hydrogen-bond donors (Lipinski definition) is 3. The van der Waals surface area contributed by atoms with Gasteiger partial charge in [0.25, 0.3) is 5.91 Å². The summed E-state index contributed by atoms with van der Waals surface area (Å²) in [6.45, 7) is 6.92. The Morgan fingerprint density at radius 2 is 1.87 bits per heavy atom. The van der Waals surface area contributed by atoms with Crippen molar-refractivity contribution in [1.82, 2.24) is 5.32 Å². The highest BCUT2D eigenvalue weighted by atomic mass is 16.6. The predicted octanol–water partition coefficient (Wildman–Crippen LogP) is 5.30. The van der Waals surface area contributed by atoms with Crippen molar-refractivity contribution < 1.29 is 24.6 Å². The number of phenolic OH excluding ortho intramolecular Hbond substituents is 2. The van der Waals surface area contributed by atoms with Crippen molar-refractivity contribution in [1.29, 1.82) is 0 Å². The fraction of sp³-hybridized carbons (Fsp3) is 0.645. The molecule has 0 saturated heterocycles. The molecule has 3 N–H and O–H groups in total. The number of amides is 1. The molecule has 6 atom stereocenters. The van der Waals surface area contributed by atoms with Gasteiger partial charge in [0.05, 0.1) is 5.71 Å². The lowest BCUT2D eigenvalue weighted by Crippen LogP contribution is -2.51. The molecule has 1 aromatic carbocycles. The van der Waals surface area contributed by atoms with Gasteiger partial charge in [-0.1, -0.05) is 30.6 Å². The van der Waals surface area contributed by atoms with E-state index in [9.17, 15) is 19.8 Å². The molecule has 0 spiro atoms. The van der Waals surface area contributed by atoms with Gasteiger partial charge in [0.1, 0.15) is 5.78 Å². The van der Waals surface area contributed by atoms with E-state index >= 15 is 0 Å². The van der Waals surface area contributed by atoms with Crippen LogP contribution in [0.25, 0.3) is 0 Å². The van der Waals surface area contributed by atoms with Gasteiger partial charge in [-0.25, -0.2) is 0 Å². The average molecular weight is 523 g/mol. The highest BCUT2D eigenvalue weighted by Gasteiger charge is 2.59. The SMILES string of the molecule is CC(=O)[C@@H]1CC[C@@H]2[C@H]3CCC4=C/C(=N/OCC(=O)NCCc5ccc(O)c(O)c5)CC[C@]4(C)[C@@H]3CC[C@@]21C. The van der Waals surface area contributed by atoms with Crippen molar-refractivity contribution in [2.75, 3.05) is 13.2 Å². The molecule has 206 valence electrons. The van der Waals surface area contributed by atoms with Crippen LogP contribution in [0.1, 0.15) is 77.7 Å². The number of fused-ring (bicyclic) bond motifs is 5. The Bertz CT molecular complexity index is 1160. The Kier molecular flexibility index (Phi) is 7.31. The fourth-order valence-electron chi connectivity index (χ4n) is 8.61. The molecule has 1 amide bonds. The molecule has 0 heterocycles. The summed E-state index contributed by atoms with van der Waals surface area (Å²) in [7, 11) is 0. The van der Waals surface area contributed by atoms with Crippen LogP contribution in [0, 0.1) is 34.5 Å². The van der Waals surface area contributed by atoms with Gasteiger partial charge in [0.2, 0.25) is 0 Å². The van der Waals surface area contributed by atoms with Crippen molar-refractivity contribution >= 4 is 17.4 Å². The highest BCUT2D eigenvalue weighted by Crippen LogP contribution is 2.66. The number of nitrogens with zero attached hydrogens (tertiary/aromatic N) is 1. The second kappa shape index (κ2) is 10.4. The Morgan fingerprint density at radius 3 is 2.63 bits per heavy atom. The van der Waals surface area contributed by atoms with Gasteiger partial charge in [0, 0.05) is 12.5 Å². The third-order valence-electron chi connectivity index (χ3n) is 10.6. The molecule has 3 saturated carbocycles. The van der Waals surface area contributed by atoms with E-state index in [2.05, 4.69) is 30.4 Å². The number of ketones is 1. The standard InChI is InChI=1S/C31H42N2O5/c1-19(34)24-7-8-25-23-6-5-21-17-22(10-13-30(21,2)26(23)11-14-31(24,25)3)33-38-18-29(37)32-15-12-20-4-9-27(35)28(36)16-20/h4,9,16-17,23-26,35-36H,5-8,10-15,18H2,1-3H3,(H,32,37)/b33-22+/t23-,24+,25-,26-,30+,31-/m1/s1. The summed E-state index contributed by atoms with van der Waals surface area (Å²) in [6.07, 6.45) is 11.6. The largest absolute Gasteiger partial charge is 0.504 e. The molecule has 0 aliphatic heterocycles. The van der Waals surface area contributed by atoms with E-state index in [1.54, 1.807) is 13.0 Å². The van der Waals surface area contributed by atoms with Gasteiger partial charge in [-0.05, 0) is 117 Å². The Labute approximate surface area is 225 Å². The molecule has 7 nitrogen and oxygen atoms in total. The van der Waals surface area contributed by atoms with E-state index in [0.717, 1.165) is 37.0 Å². The van der Waals surface area contributed by atoms with Crippen LogP contribution in [0.2, 0.25) is 0 Å². The number of benzene rings is 1. The normalized spacial score (nSPS) is 35.0. The van der Waals surface area contributed by atoms with Crippen LogP contribution in [-0.2, 0) is 20.8 Å². The molecule has 0 aromatic heterocycles. The maximum atomic E-state index is 12.4. The molecule has 3 fully saturated rings. The number of hydrogen-bond acceptors (Lipinski definition) is 6. The fourth-order valence-corrected chi connectivity index (χ4v) is 8.61. The van der Waals surface area contributed by atoms with Gasteiger partial charge < -0.3 is 20.4 Å². The zero-order valence-corrected chi connectivity index (χ0v) is 23.0. The number of carbonyl (C=O) groups excluding carboxylic acids is 2. The van der Waals surface area contributed by atoms with Crippen LogP contribution in [0.4, 0.5) is 0 Å². The smallest absolute Gasteiger partial charge is 0.260 e. The molecule has 5 rings (SSSR count). The first-order valence-electron chi connectivity index (χ1n) is 14.3. The number of oxime groups is 1. The van der Waals surface area contributed by atoms with Gasteiger partial charge in [-0.3, -0.25) is 9.59 Å². The zero-order chi connectivity index (χ0) is 27.1. The molecule has 7 heteroatoms. The molecule has 4 aliphatic carbocycles. The molecule has 38 heavy (non-hydrogen) atoms. The van der Waals surface area contributed by atoms with Crippen molar-refractivity contribution in [3.8, 4) is 11.5 Å². The van der Waals surface area contributed by atoms with Gasteiger partial charge in [0.15, 0.2) is 18.1 Å². The first kappa shape index (κ1) is 26.8. The topological polar surface area (TPSA) is 108 Å². The third kappa shape index (κ3) is 4.85. The van der Waals surface area contributed by atoms with E-state index < -0.39 is 0 Å². The lowest BCUT2D eigenvalue weighted by atomic mass is 9.46. The number of carbonyl (C=O) groups is 2. The van der Waals surface area contributed by atoms with Crippen molar-refractivity contribution in [2.45, 2.75) is 78.6 Å². The second-order valence-electron chi connectivity index (χ2n) is 12.6. The average Bonchev–Trinajstić information content (AvgIpc) is 3.24. The van der Waals surface area contributed by atoms with Gasteiger partial charge in [-0.2, -0.15) is 0 Å². The number of rotatable bonds is 7. The molecule has 1 aromatic rings. The predicted molar refractivity (Wildman–Crippen MR) is 146 cm³/mol. The Balaban J connectivity index is 1.14. The summed E-state index contributed by atoms with van der Waals surface area (Å²) < 4.78 is 0. The number of phenols is 2. The third-order valence-corrected chi connectivity index (χ3v) is 10.6. The van der Waals surface area contributed by atoms with Crippen LogP contribution < -0.4 is 5.32 Å². The van der Waals surface area contributed by atoms with E-state index in [-0.39, 0.29) is 40.8 Å². The van der Waals surface area contributed by atoms with Crippen molar-refractivity contribution in [3.63, 3.8) is 0 Å². The Hall–Kier alpha value is -2.83. The molecule has 0 unspecified atom stereocenters. The molecular formula is C31H42N2O5. The summed E-state index contributed by atoms with van der Waals surface area (Å²) in [6, 6.07) is 4.64. The maximum absolute atomic E-state index is 12.4. The first-order chi connectivity index (χ1) is 18.1. The minimum Gasteiger partial charge on any atom is -0.504 e. The molecule has 0 bridgehead atoms. The summed E-state index contributed by atoms with van der Waals surface area (Å²) in [5.41, 5.74) is 3.60. The number of nitrogens with one attached hydrogen (secondary N) is 1. The summed E-state index contributed by atoms with van der Waals surface area (Å²) >= 11 is 0. The van der Waals surface area contributed by atoms with Crippen LogP contribution >= 0.6 is 0 Å². The van der Waals surface area contributed by atoms with Crippen LogP contribution in [0.15, 0.2) is 35.0 Å². The van der Waals surface area contributed by atoms with Crippen molar-refractivity contribution in [3.05, 3.63) is 35.4 Å². The van der Waals surface area contributed by atoms with Crippen LogP contribution in [-0.4, -0.2) is 40.8 Å². The molecule has 0 radical (unpaired) electrons. The second-order valence-corrected chi connectivity index (χ2v) is 12.6. The number of aromatic hydroxyl groups is 2. The minimum atomic E-state index is -0.239. The lowest BCUT2D eigenvalue weighted by molar-refractivity contribution is -0.128. The monoisotopic (exact) mass is 522 g/mol. The van der Waals surface area contributed by atoms with E-state index in [1.807, 2.05) is 0 Å². The maximum Gasteiger partial charge on any atom is 0.260 e. The lowest BCUT2D eigenvalue weighted by Gasteiger charge is -2.58. The highest BCUT2D eigenvalue weighted by molar-refractivity contribution is 5.96. The van der Waals surface area contributed by atoms with E-state index in [4.69, 9.17) is 4.84 Å². The molecular weight excluding hydrogens is 480 g/mol. The van der Waals surface area contributed by atoms with Crippen LogP contribution in [0.3, 0.4) is 0 Å². The number of allylic oxidation sites excluding steroid dienone is 2. The zero-order valence-electron chi connectivity index (χ0n) is 23.0. The first-order valence-corrected chi connectivity index (χ1v) is 14.3.